The van der Waals surface area contributed by atoms with Gasteiger partial charge in [0.25, 0.3) is 5.91 Å². The van der Waals surface area contributed by atoms with Gasteiger partial charge < -0.3 is 30.5 Å². The van der Waals surface area contributed by atoms with E-state index in [1.807, 2.05) is 0 Å². The molecule has 5 N–H and O–H groups in total. The number of esters is 1. The molecule has 10 nitrogen and oxygen atoms in total. The van der Waals surface area contributed by atoms with E-state index < -0.39 is 46.9 Å². The molecule has 10 heteroatoms. The van der Waals surface area contributed by atoms with Crippen LogP contribution in [-0.4, -0.2) is 56.2 Å². The van der Waals surface area contributed by atoms with Crippen LogP contribution in [0.25, 0.3) is 0 Å². The summed E-state index contributed by atoms with van der Waals surface area (Å²) < 4.78 is 5.69. The summed E-state index contributed by atoms with van der Waals surface area (Å²) in [6.07, 6.45) is 2.81. The molecule has 1 amide bonds. The zero-order chi connectivity index (χ0) is 28.1. The Labute approximate surface area is 223 Å². The third-order valence-electron chi connectivity index (χ3n) is 6.62. The normalized spacial score (nSPS) is 17.0. The van der Waals surface area contributed by atoms with Crippen LogP contribution in [0.5, 0.6) is 17.2 Å². The molecule has 1 aliphatic carbocycles. The van der Waals surface area contributed by atoms with Gasteiger partial charge in [-0.3, -0.25) is 9.59 Å². The first-order chi connectivity index (χ1) is 18.7. The standard InChI is InChI=1S/C29H27NO9/c31-18-12-10-16(11-13-18)27(35)30-21-8-2-1-3-9-24(21)39-29(38)17-14-22(32)25(23(33)15-17)26(34)19-6-4-5-7-20(19)28(36)37/h4-7,10-15,21,24,31-33H,1-3,8-9H2,(H,30,35)(H,36,37)/t21-,24-/m1/s1. The van der Waals surface area contributed by atoms with E-state index in [1.165, 1.54) is 48.5 Å². The first kappa shape index (κ1) is 27.2. The van der Waals surface area contributed by atoms with Crippen molar-refractivity contribution in [1.29, 1.82) is 0 Å². The predicted molar refractivity (Wildman–Crippen MR) is 138 cm³/mol. The minimum Gasteiger partial charge on any atom is -0.508 e. The van der Waals surface area contributed by atoms with Crippen molar-refractivity contribution >= 4 is 23.6 Å². The quantitative estimate of drug-likeness (QED) is 0.171. The molecular formula is C29H27NO9. The van der Waals surface area contributed by atoms with E-state index >= 15 is 0 Å². The third kappa shape index (κ3) is 6.18. The highest BCUT2D eigenvalue weighted by Crippen LogP contribution is 2.33. The van der Waals surface area contributed by atoms with Gasteiger partial charge in [-0.1, -0.05) is 31.0 Å². The molecule has 0 spiro atoms. The van der Waals surface area contributed by atoms with E-state index in [9.17, 15) is 39.6 Å². The molecule has 39 heavy (non-hydrogen) atoms. The van der Waals surface area contributed by atoms with Gasteiger partial charge in [-0.05, 0) is 61.7 Å². The van der Waals surface area contributed by atoms with E-state index in [1.54, 1.807) is 0 Å². The highest BCUT2D eigenvalue weighted by atomic mass is 16.5. The maximum Gasteiger partial charge on any atom is 0.338 e. The van der Waals surface area contributed by atoms with Gasteiger partial charge in [0.15, 0.2) is 0 Å². The van der Waals surface area contributed by atoms with Crippen LogP contribution in [0, 0.1) is 0 Å². The minimum atomic E-state index is -1.35. The SMILES string of the molecule is O=C(N[C@@H]1CCCCC[C@H]1OC(=O)c1cc(O)c(C(=O)c2ccccc2C(=O)O)c(O)c1)c1ccc(O)cc1. The maximum atomic E-state index is 13.0. The Kier molecular flexibility index (Phi) is 8.14. The molecule has 0 aliphatic heterocycles. The van der Waals surface area contributed by atoms with Gasteiger partial charge in [0.2, 0.25) is 5.78 Å². The van der Waals surface area contributed by atoms with Crippen molar-refractivity contribution in [3.05, 3.63) is 88.5 Å². The maximum absolute atomic E-state index is 13.0. The number of phenols is 3. The van der Waals surface area contributed by atoms with Gasteiger partial charge in [-0.2, -0.15) is 0 Å². The number of carbonyl (C=O) groups excluding carboxylic acids is 3. The Morgan fingerprint density at radius 2 is 1.38 bits per heavy atom. The molecular weight excluding hydrogens is 506 g/mol. The number of nitrogens with one attached hydrogen (secondary N) is 1. The molecule has 1 saturated carbocycles. The lowest BCUT2D eigenvalue weighted by atomic mass is 9.96. The summed E-state index contributed by atoms with van der Waals surface area (Å²) >= 11 is 0. The number of phenolic OH excluding ortho intramolecular Hbond substituents is 3. The number of amides is 1. The Bertz CT molecular complexity index is 1390. The lowest BCUT2D eigenvalue weighted by Gasteiger charge is -2.26. The number of rotatable bonds is 7. The van der Waals surface area contributed by atoms with Crippen molar-refractivity contribution in [1.82, 2.24) is 5.32 Å². The van der Waals surface area contributed by atoms with Crippen LogP contribution in [0.1, 0.15) is 79.1 Å². The Hall–Kier alpha value is -4.86. The summed E-state index contributed by atoms with van der Waals surface area (Å²) in [7, 11) is 0. The molecule has 0 saturated heterocycles. The molecule has 0 unspecified atom stereocenters. The Balaban J connectivity index is 1.53. The lowest BCUT2D eigenvalue weighted by Crippen LogP contribution is -2.44. The predicted octanol–water partition coefficient (Wildman–Crippen LogP) is 4.02. The monoisotopic (exact) mass is 533 g/mol. The molecule has 3 aromatic carbocycles. The molecule has 0 radical (unpaired) electrons. The lowest BCUT2D eigenvalue weighted by molar-refractivity contribution is 0.0178. The fourth-order valence-corrected chi connectivity index (χ4v) is 4.61. The molecule has 4 rings (SSSR count). The van der Waals surface area contributed by atoms with Crippen molar-refractivity contribution in [3.63, 3.8) is 0 Å². The van der Waals surface area contributed by atoms with E-state index in [2.05, 4.69) is 5.32 Å². The minimum absolute atomic E-state index is 0.0261. The molecule has 202 valence electrons. The van der Waals surface area contributed by atoms with Crippen LogP contribution in [0.4, 0.5) is 0 Å². The molecule has 1 aliphatic rings. The summed E-state index contributed by atoms with van der Waals surface area (Å²) in [5.41, 5.74) is -0.980. The average molecular weight is 534 g/mol. The molecule has 0 heterocycles. The fourth-order valence-electron chi connectivity index (χ4n) is 4.61. The zero-order valence-corrected chi connectivity index (χ0v) is 20.8. The number of ketones is 1. The summed E-state index contributed by atoms with van der Waals surface area (Å²) in [5, 5.41) is 42.8. The Morgan fingerprint density at radius 3 is 2.03 bits per heavy atom. The second-order valence-electron chi connectivity index (χ2n) is 9.28. The first-order valence-electron chi connectivity index (χ1n) is 12.4. The van der Waals surface area contributed by atoms with Crippen LogP contribution in [0.3, 0.4) is 0 Å². The van der Waals surface area contributed by atoms with Crippen molar-refractivity contribution in [3.8, 4) is 17.2 Å². The van der Waals surface area contributed by atoms with E-state index in [0.717, 1.165) is 31.4 Å². The number of ether oxygens (including phenoxy) is 1. The number of hydrogen-bond acceptors (Lipinski definition) is 8. The van der Waals surface area contributed by atoms with Crippen LogP contribution in [0.15, 0.2) is 60.7 Å². The number of aromatic hydroxyl groups is 3. The number of carboxylic acid groups (broad SMARTS) is 1. The number of hydrogen-bond donors (Lipinski definition) is 5. The average Bonchev–Trinajstić information content (AvgIpc) is 3.13. The number of carbonyl (C=O) groups is 4. The topological polar surface area (TPSA) is 170 Å². The van der Waals surface area contributed by atoms with Gasteiger partial charge >= 0.3 is 11.9 Å². The largest absolute Gasteiger partial charge is 0.508 e. The van der Waals surface area contributed by atoms with Crippen molar-refractivity contribution in [2.75, 3.05) is 0 Å². The van der Waals surface area contributed by atoms with Crippen LogP contribution >= 0.6 is 0 Å². The van der Waals surface area contributed by atoms with Crippen molar-refractivity contribution in [2.24, 2.45) is 0 Å². The van der Waals surface area contributed by atoms with Gasteiger partial charge in [0.05, 0.1) is 17.2 Å². The number of benzene rings is 3. The van der Waals surface area contributed by atoms with Gasteiger partial charge in [-0.25, -0.2) is 9.59 Å². The van der Waals surface area contributed by atoms with E-state index in [0.29, 0.717) is 18.4 Å². The summed E-state index contributed by atoms with van der Waals surface area (Å²) in [6, 6.07) is 12.6. The van der Waals surface area contributed by atoms with Crippen molar-refractivity contribution < 1.29 is 44.3 Å². The highest BCUT2D eigenvalue weighted by molar-refractivity contribution is 6.17. The summed E-state index contributed by atoms with van der Waals surface area (Å²) in [6.45, 7) is 0. The summed E-state index contributed by atoms with van der Waals surface area (Å²) in [5.74, 6) is -4.95. The van der Waals surface area contributed by atoms with Gasteiger partial charge in [-0.15, -0.1) is 0 Å². The molecule has 1 fully saturated rings. The second-order valence-corrected chi connectivity index (χ2v) is 9.28. The molecule has 0 bridgehead atoms. The number of aromatic carboxylic acids is 1. The zero-order valence-electron chi connectivity index (χ0n) is 20.8. The number of carboxylic acids is 1. The highest BCUT2D eigenvalue weighted by Gasteiger charge is 2.30. The van der Waals surface area contributed by atoms with E-state index in [4.69, 9.17) is 4.74 Å². The Morgan fingerprint density at radius 1 is 0.769 bits per heavy atom. The van der Waals surface area contributed by atoms with Crippen LogP contribution < -0.4 is 5.32 Å². The van der Waals surface area contributed by atoms with Crippen LogP contribution in [-0.2, 0) is 4.74 Å². The van der Waals surface area contributed by atoms with E-state index in [-0.39, 0.29) is 28.3 Å². The summed E-state index contributed by atoms with van der Waals surface area (Å²) in [4.78, 5) is 50.2. The molecule has 0 aromatic heterocycles. The molecule has 3 aromatic rings. The molecule has 2 atom stereocenters. The third-order valence-corrected chi connectivity index (χ3v) is 6.62. The second kappa shape index (κ2) is 11.7. The first-order valence-corrected chi connectivity index (χ1v) is 12.4. The van der Waals surface area contributed by atoms with Gasteiger partial charge in [0, 0.05) is 11.1 Å². The van der Waals surface area contributed by atoms with Gasteiger partial charge in [0.1, 0.15) is 28.9 Å². The smallest absolute Gasteiger partial charge is 0.338 e. The van der Waals surface area contributed by atoms with Crippen molar-refractivity contribution in [2.45, 2.75) is 44.2 Å². The van der Waals surface area contributed by atoms with Crippen LogP contribution in [0.2, 0.25) is 0 Å². The fraction of sp³-hybridized carbons (Fsp3) is 0.241.